The Hall–Kier alpha value is -2.49. The van der Waals surface area contributed by atoms with Crippen molar-refractivity contribution in [3.05, 3.63) is 52.1 Å². The van der Waals surface area contributed by atoms with Gasteiger partial charge >= 0.3 is 0 Å². The van der Waals surface area contributed by atoms with Crippen LogP contribution in [0.1, 0.15) is 85.5 Å². The number of rotatable bonds is 11. The summed E-state index contributed by atoms with van der Waals surface area (Å²) in [5.74, 6) is 1.60. The molecule has 2 aromatic carbocycles. The van der Waals surface area contributed by atoms with E-state index >= 15 is 0 Å². The van der Waals surface area contributed by atoms with Crippen molar-refractivity contribution in [3.8, 4) is 17.2 Å². The van der Waals surface area contributed by atoms with Crippen molar-refractivity contribution < 1.29 is 19.4 Å². The number of aryl methyl sites for hydroxylation is 3. The second-order valence-corrected chi connectivity index (χ2v) is 8.48. The number of phenols is 1. The Morgan fingerprint density at radius 2 is 1.58 bits per heavy atom. The van der Waals surface area contributed by atoms with Crippen molar-refractivity contribution in [3.63, 3.8) is 0 Å². The minimum atomic E-state index is -0.136. The Bertz CT molecular complexity index is 901. The first-order valence-corrected chi connectivity index (χ1v) is 11.8. The highest BCUT2D eigenvalue weighted by molar-refractivity contribution is 5.97. The molecule has 31 heavy (non-hydrogen) atoms. The van der Waals surface area contributed by atoms with Crippen LogP contribution in [0.4, 0.5) is 0 Å². The van der Waals surface area contributed by atoms with Crippen LogP contribution >= 0.6 is 0 Å². The summed E-state index contributed by atoms with van der Waals surface area (Å²) < 4.78 is 12.1. The third-order valence-corrected chi connectivity index (χ3v) is 5.97. The highest BCUT2D eigenvalue weighted by Crippen LogP contribution is 2.33. The summed E-state index contributed by atoms with van der Waals surface area (Å²) >= 11 is 0. The molecule has 0 aromatic heterocycles. The zero-order valence-electron chi connectivity index (χ0n) is 19.3. The van der Waals surface area contributed by atoms with Gasteiger partial charge in [-0.15, -0.1) is 0 Å². The third kappa shape index (κ3) is 5.81. The number of Topliss-reactive ketones (excluding diaryl/α,β-unsaturated/α-hetero) is 1. The Morgan fingerprint density at radius 1 is 0.935 bits per heavy atom. The molecule has 168 valence electrons. The molecule has 0 fully saturated rings. The third-order valence-electron chi connectivity index (χ3n) is 5.97. The van der Waals surface area contributed by atoms with Crippen LogP contribution in [0.25, 0.3) is 0 Å². The number of ketones is 1. The maximum Gasteiger partial charge on any atom is 0.163 e. The summed E-state index contributed by atoms with van der Waals surface area (Å²) in [6.07, 6.45) is 9.35. The molecule has 1 aliphatic rings. The maximum atomic E-state index is 11.7. The molecule has 0 radical (unpaired) electrons. The van der Waals surface area contributed by atoms with Gasteiger partial charge in [0.2, 0.25) is 0 Å². The molecule has 0 aliphatic heterocycles. The van der Waals surface area contributed by atoms with Crippen molar-refractivity contribution in [1.82, 2.24) is 0 Å². The lowest BCUT2D eigenvalue weighted by Crippen LogP contribution is -2.10. The fraction of sp³-hybridized carbons (Fsp3) is 0.519. The van der Waals surface area contributed by atoms with Crippen molar-refractivity contribution in [2.75, 3.05) is 13.2 Å². The van der Waals surface area contributed by atoms with Gasteiger partial charge in [-0.25, -0.2) is 0 Å². The highest BCUT2D eigenvalue weighted by atomic mass is 16.5. The number of fused-ring (bicyclic) bond motifs is 1. The second-order valence-electron chi connectivity index (χ2n) is 8.48. The van der Waals surface area contributed by atoms with Gasteiger partial charge in [-0.2, -0.15) is 0 Å². The first-order valence-electron chi connectivity index (χ1n) is 11.8. The number of phenolic OH excluding ortho intramolecular Hbond substituents is 1. The molecule has 2 aromatic rings. The molecule has 0 saturated heterocycles. The summed E-state index contributed by atoms with van der Waals surface area (Å²) in [5, 5.41) is 10.5. The molecule has 0 spiro atoms. The summed E-state index contributed by atoms with van der Waals surface area (Å²) in [4.78, 5) is 11.7. The van der Waals surface area contributed by atoms with Gasteiger partial charge in [-0.3, -0.25) is 4.79 Å². The average Bonchev–Trinajstić information content (AvgIpc) is 2.75. The lowest BCUT2D eigenvalue weighted by Gasteiger charge is -2.20. The zero-order valence-corrected chi connectivity index (χ0v) is 19.3. The second kappa shape index (κ2) is 11.2. The van der Waals surface area contributed by atoms with Crippen LogP contribution in [0.2, 0.25) is 0 Å². The van der Waals surface area contributed by atoms with E-state index in [2.05, 4.69) is 19.1 Å². The fourth-order valence-corrected chi connectivity index (χ4v) is 4.37. The molecule has 0 heterocycles. The predicted molar refractivity (Wildman–Crippen MR) is 125 cm³/mol. The minimum Gasteiger partial charge on any atom is -0.507 e. The van der Waals surface area contributed by atoms with Gasteiger partial charge in [0.15, 0.2) is 5.78 Å². The molecule has 0 bridgehead atoms. The van der Waals surface area contributed by atoms with Gasteiger partial charge in [0.05, 0.1) is 18.8 Å². The van der Waals surface area contributed by atoms with E-state index in [1.165, 1.54) is 42.9 Å². The first kappa shape index (κ1) is 23.2. The Labute approximate surface area is 186 Å². The van der Waals surface area contributed by atoms with Crippen LogP contribution in [-0.2, 0) is 25.7 Å². The molecule has 4 nitrogen and oxygen atoms in total. The lowest BCUT2D eigenvalue weighted by atomic mass is 9.89. The zero-order chi connectivity index (χ0) is 22.2. The van der Waals surface area contributed by atoms with E-state index in [-0.39, 0.29) is 11.5 Å². The van der Waals surface area contributed by atoms with E-state index in [9.17, 15) is 9.90 Å². The van der Waals surface area contributed by atoms with Gasteiger partial charge in [-0.05, 0) is 80.3 Å². The van der Waals surface area contributed by atoms with E-state index < -0.39 is 0 Å². The van der Waals surface area contributed by atoms with Crippen LogP contribution in [0.3, 0.4) is 0 Å². The first-order chi connectivity index (χ1) is 15.0. The van der Waals surface area contributed by atoms with E-state index in [0.717, 1.165) is 43.4 Å². The summed E-state index contributed by atoms with van der Waals surface area (Å²) in [6.45, 7) is 6.82. The predicted octanol–water partition coefficient (Wildman–Crippen LogP) is 6.23. The van der Waals surface area contributed by atoms with Gasteiger partial charge in [0.25, 0.3) is 0 Å². The van der Waals surface area contributed by atoms with Gasteiger partial charge < -0.3 is 14.6 Å². The van der Waals surface area contributed by atoms with Gasteiger partial charge in [0, 0.05) is 12.0 Å². The van der Waals surface area contributed by atoms with Gasteiger partial charge in [0.1, 0.15) is 17.2 Å². The summed E-state index contributed by atoms with van der Waals surface area (Å²) in [6, 6.07) is 8.07. The average molecular weight is 425 g/mol. The molecule has 1 N–H and O–H groups in total. The number of carbonyl (C=O) groups is 1. The molecule has 4 heteroatoms. The van der Waals surface area contributed by atoms with Crippen LogP contribution < -0.4 is 9.47 Å². The monoisotopic (exact) mass is 424 g/mol. The van der Waals surface area contributed by atoms with Crippen molar-refractivity contribution in [2.24, 2.45) is 0 Å². The molecule has 0 amide bonds. The Balaban J connectivity index is 1.59. The molecule has 0 saturated carbocycles. The molecular formula is C27H36O4. The van der Waals surface area contributed by atoms with Gasteiger partial charge in [-0.1, -0.05) is 32.8 Å². The number of aromatic hydroxyl groups is 1. The van der Waals surface area contributed by atoms with Crippen LogP contribution in [-0.4, -0.2) is 24.1 Å². The summed E-state index contributed by atoms with van der Waals surface area (Å²) in [7, 11) is 0. The smallest absolute Gasteiger partial charge is 0.163 e. The largest absolute Gasteiger partial charge is 0.507 e. The quantitative estimate of drug-likeness (QED) is 0.343. The summed E-state index contributed by atoms with van der Waals surface area (Å²) in [5.41, 5.74) is 5.34. The number of benzene rings is 2. The van der Waals surface area contributed by atoms with Crippen LogP contribution in [0, 0.1) is 0 Å². The number of hydrogen-bond donors (Lipinski definition) is 1. The molecule has 0 atom stereocenters. The molecular weight excluding hydrogens is 388 g/mol. The van der Waals surface area contributed by atoms with Crippen LogP contribution in [0.15, 0.2) is 24.3 Å². The molecule has 0 unspecified atom stereocenters. The Kier molecular flexibility index (Phi) is 8.39. The van der Waals surface area contributed by atoms with Crippen LogP contribution in [0.5, 0.6) is 17.2 Å². The molecule has 1 aliphatic carbocycles. The van der Waals surface area contributed by atoms with E-state index in [1.54, 1.807) is 12.1 Å². The number of hydrogen-bond acceptors (Lipinski definition) is 4. The van der Waals surface area contributed by atoms with Crippen molar-refractivity contribution in [1.29, 1.82) is 0 Å². The number of carbonyl (C=O) groups excluding carboxylic acids is 1. The Morgan fingerprint density at radius 3 is 2.23 bits per heavy atom. The maximum absolute atomic E-state index is 11.7. The van der Waals surface area contributed by atoms with E-state index in [0.29, 0.717) is 30.9 Å². The van der Waals surface area contributed by atoms with Crippen molar-refractivity contribution in [2.45, 2.75) is 78.6 Å². The van der Waals surface area contributed by atoms with Crippen molar-refractivity contribution >= 4 is 5.78 Å². The lowest BCUT2D eigenvalue weighted by molar-refractivity contribution is 0.101. The standard InChI is InChI=1S/C27H36O4/c1-4-9-22-17-20-11-6-7-12-21(20)18-26(22)31-16-8-15-30-25-14-13-23(19(3)28)27(29)24(25)10-5-2/h13-14,17-18,29H,4-12,15-16H2,1-3H3. The number of ether oxygens (including phenoxy) is 2. The highest BCUT2D eigenvalue weighted by Gasteiger charge is 2.16. The normalized spacial score (nSPS) is 13.0. The van der Waals surface area contributed by atoms with E-state index in [1.807, 2.05) is 6.92 Å². The minimum absolute atomic E-state index is 0.0568. The molecule has 3 rings (SSSR count). The fourth-order valence-electron chi connectivity index (χ4n) is 4.37. The van der Waals surface area contributed by atoms with E-state index in [4.69, 9.17) is 9.47 Å². The SMILES string of the molecule is CCCc1cc2c(cc1OCCCOc1ccc(C(C)=O)c(O)c1CCC)CCCC2. The topological polar surface area (TPSA) is 55.8 Å².